The molecule has 7 aromatic carbocycles. The Bertz CT molecular complexity index is 2450. The van der Waals surface area contributed by atoms with Crippen LogP contribution in [0.3, 0.4) is 0 Å². The summed E-state index contributed by atoms with van der Waals surface area (Å²) in [5.41, 5.74) is 9.90. The van der Waals surface area contributed by atoms with E-state index in [2.05, 4.69) is 127 Å². The van der Waals surface area contributed by atoms with Gasteiger partial charge in [0.2, 0.25) is 0 Å². The summed E-state index contributed by atoms with van der Waals surface area (Å²) in [6.45, 7) is 0. The first-order chi connectivity index (χ1) is 21.3. The molecule has 0 radical (unpaired) electrons. The summed E-state index contributed by atoms with van der Waals surface area (Å²) in [4.78, 5) is 4.82. The van der Waals surface area contributed by atoms with Crippen LogP contribution < -0.4 is 0 Å². The second kappa shape index (κ2) is 9.40. The van der Waals surface area contributed by atoms with E-state index < -0.39 is 0 Å². The SMILES string of the molecule is c1ccc2ncc(-c3c4ccccc4c(-c4ccc(-c5cccc6c5oc5ccccc56)cc4)c4ccccc34)cc2c1. The molecule has 200 valence electrons. The van der Waals surface area contributed by atoms with Crippen LogP contribution in [0.4, 0.5) is 0 Å². The van der Waals surface area contributed by atoms with E-state index >= 15 is 0 Å². The van der Waals surface area contributed by atoms with Gasteiger partial charge >= 0.3 is 0 Å². The molecule has 2 heterocycles. The molecule has 2 aromatic heterocycles. The third-order valence-corrected chi connectivity index (χ3v) is 8.70. The lowest BCUT2D eigenvalue weighted by atomic mass is 9.86. The number of furan rings is 1. The zero-order chi connectivity index (χ0) is 28.3. The molecule has 0 saturated heterocycles. The van der Waals surface area contributed by atoms with Crippen LogP contribution in [-0.4, -0.2) is 4.98 Å². The van der Waals surface area contributed by atoms with Gasteiger partial charge in [-0.05, 0) is 62.0 Å². The van der Waals surface area contributed by atoms with Gasteiger partial charge in [-0.1, -0.05) is 127 Å². The molecule has 0 saturated carbocycles. The Morgan fingerprint density at radius 1 is 0.419 bits per heavy atom. The largest absolute Gasteiger partial charge is 0.455 e. The number of pyridine rings is 1. The lowest BCUT2D eigenvalue weighted by molar-refractivity contribution is 0.670. The van der Waals surface area contributed by atoms with E-state index in [-0.39, 0.29) is 0 Å². The second-order valence-electron chi connectivity index (χ2n) is 11.1. The van der Waals surface area contributed by atoms with Crippen LogP contribution in [0.25, 0.3) is 87.8 Å². The zero-order valence-electron chi connectivity index (χ0n) is 23.3. The molecule has 9 rings (SSSR count). The fourth-order valence-electron chi connectivity index (χ4n) is 6.75. The first-order valence-corrected chi connectivity index (χ1v) is 14.6. The van der Waals surface area contributed by atoms with Crippen LogP contribution in [0, 0.1) is 0 Å². The topological polar surface area (TPSA) is 26.0 Å². The standard InChI is InChI=1S/C41H25NO/c1-7-18-37-28(10-1)24-29(25-42-37)40-34-14-4-2-12-32(34)39(33-13-3-5-15-35(33)40)27-22-20-26(21-23-27)30-16-9-17-36-31-11-6-8-19-38(31)43-41(30)36/h1-25H. The fraction of sp³-hybridized carbons (Fsp3) is 0. The number of benzene rings is 7. The summed E-state index contributed by atoms with van der Waals surface area (Å²) < 4.78 is 6.35. The van der Waals surface area contributed by atoms with Gasteiger partial charge in [0, 0.05) is 33.5 Å². The highest BCUT2D eigenvalue weighted by Crippen LogP contribution is 2.44. The Morgan fingerprint density at radius 2 is 0.977 bits per heavy atom. The summed E-state index contributed by atoms with van der Waals surface area (Å²) in [7, 11) is 0. The van der Waals surface area contributed by atoms with Crippen molar-refractivity contribution in [3.05, 3.63) is 152 Å². The van der Waals surface area contributed by atoms with Crippen LogP contribution in [0.2, 0.25) is 0 Å². The van der Waals surface area contributed by atoms with Gasteiger partial charge in [0.25, 0.3) is 0 Å². The molecule has 0 fully saturated rings. The number of aromatic nitrogens is 1. The highest BCUT2D eigenvalue weighted by Gasteiger charge is 2.18. The van der Waals surface area contributed by atoms with Gasteiger partial charge in [0.15, 0.2) is 0 Å². The molecule has 0 bridgehead atoms. The molecule has 0 aliphatic carbocycles. The highest BCUT2D eigenvalue weighted by atomic mass is 16.3. The minimum absolute atomic E-state index is 0.918. The molecule has 0 N–H and O–H groups in total. The van der Waals surface area contributed by atoms with E-state index in [9.17, 15) is 0 Å². The minimum atomic E-state index is 0.918. The van der Waals surface area contributed by atoms with E-state index in [1.165, 1.54) is 38.2 Å². The molecular formula is C41H25NO. The predicted molar refractivity (Wildman–Crippen MR) is 180 cm³/mol. The van der Waals surface area contributed by atoms with Crippen LogP contribution in [0.15, 0.2) is 156 Å². The van der Waals surface area contributed by atoms with E-state index in [1.54, 1.807) is 0 Å². The Labute approximate surface area is 248 Å². The van der Waals surface area contributed by atoms with Gasteiger partial charge in [-0.25, -0.2) is 0 Å². The maximum Gasteiger partial charge on any atom is 0.143 e. The molecular weight excluding hydrogens is 522 g/mol. The van der Waals surface area contributed by atoms with Gasteiger partial charge in [0.05, 0.1) is 5.52 Å². The molecule has 2 heteroatoms. The summed E-state index contributed by atoms with van der Waals surface area (Å²) in [5, 5.41) is 8.36. The quantitative estimate of drug-likeness (QED) is 0.206. The van der Waals surface area contributed by atoms with Crippen molar-refractivity contribution in [1.82, 2.24) is 4.98 Å². The molecule has 0 aliphatic heterocycles. The third kappa shape index (κ3) is 3.70. The maximum atomic E-state index is 6.35. The Morgan fingerprint density at radius 3 is 1.70 bits per heavy atom. The smallest absolute Gasteiger partial charge is 0.143 e. The first kappa shape index (κ1) is 23.9. The second-order valence-corrected chi connectivity index (χ2v) is 11.1. The van der Waals surface area contributed by atoms with Crippen molar-refractivity contribution in [2.24, 2.45) is 0 Å². The van der Waals surface area contributed by atoms with Crippen molar-refractivity contribution in [3.8, 4) is 33.4 Å². The van der Waals surface area contributed by atoms with E-state index in [0.29, 0.717) is 0 Å². The van der Waals surface area contributed by atoms with Crippen molar-refractivity contribution >= 4 is 54.4 Å². The van der Waals surface area contributed by atoms with Crippen LogP contribution in [0.1, 0.15) is 0 Å². The third-order valence-electron chi connectivity index (χ3n) is 8.70. The van der Waals surface area contributed by atoms with Gasteiger partial charge in [-0.2, -0.15) is 0 Å². The molecule has 43 heavy (non-hydrogen) atoms. The number of hydrogen-bond donors (Lipinski definition) is 0. The summed E-state index contributed by atoms with van der Waals surface area (Å²) in [6.07, 6.45) is 2.02. The number of fused-ring (bicyclic) bond motifs is 6. The van der Waals surface area contributed by atoms with Crippen LogP contribution in [-0.2, 0) is 0 Å². The predicted octanol–water partition coefficient (Wildman–Crippen LogP) is 11.4. The van der Waals surface area contributed by atoms with Gasteiger partial charge in [-0.15, -0.1) is 0 Å². The Balaban J connectivity index is 1.25. The Hall–Kier alpha value is -5.73. The van der Waals surface area contributed by atoms with Gasteiger partial charge in [0.1, 0.15) is 11.2 Å². The van der Waals surface area contributed by atoms with Crippen molar-refractivity contribution in [2.75, 3.05) is 0 Å². The lowest BCUT2D eigenvalue weighted by Gasteiger charge is -2.18. The van der Waals surface area contributed by atoms with Crippen molar-refractivity contribution in [3.63, 3.8) is 0 Å². The number of para-hydroxylation sites is 3. The monoisotopic (exact) mass is 547 g/mol. The van der Waals surface area contributed by atoms with Crippen molar-refractivity contribution in [1.29, 1.82) is 0 Å². The van der Waals surface area contributed by atoms with Crippen LogP contribution >= 0.6 is 0 Å². The Kier molecular flexibility index (Phi) is 5.23. The highest BCUT2D eigenvalue weighted by molar-refractivity contribution is 6.21. The minimum Gasteiger partial charge on any atom is -0.455 e. The summed E-state index contributed by atoms with van der Waals surface area (Å²) in [5.74, 6) is 0. The number of rotatable bonds is 3. The number of hydrogen-bond acceptors (Lipinski definition) is 2. The normalized spacial score (nSPS) is 11.7. The van der Waals surface area contributed by atoms with E-state index in [1.807, 2.05) is 24.4 Å². The van der Waals surface area contributed by atoms with Gasteiger partial charge in [-0.3, -0.25) is 4.98 Å². The summed E-state index contributed by atoms with van der Waals surface area (Å²) in [6, 6.07) is 51.7. The molecule has 0 atom stereocenters. The molecule has 0 aliphatic rings. The van der Waals surface area contributed by atoms with Crippen LogP contribution in [0.5, 0.6) is 0 Å². The first-order valence-electron chi connectivity index (χ1n) is 14.6. The number of nitrogens with zero attached hydrogens (tertiary/aromatic N) is 1. The average Bonchev–Trinajstić information content (AvgIpc) is 3.46. The zero-order valence-corrected chi connectivity index (χ0v) is 23.3. The molecule has 9 aromatic rings. The van der Waals surface area contributed by atoms with Gasteiger partial charge < -0.3 is 4.42 Å². The molecule has 0 spiro atoms. The van der Waals surface area contributed by atoms with Crippen molar-refractivity contribution in [2.45, 2.75) is 0 Å². The average molecular weight is 548 g/mol. The molecule has 0 unspecified atom stereocenters. The lowest BCUT2D eigenvalue weighted by Crippen LogP contribution is -1.91. The molecule has 0 amide bonds. The fourth-order valence-corrected chi connectivity index (χ4v) is 6.75. The molecule has 2 nitrogen and oxygen atoms in total. The van der Waals surface area contributed by atoms with Crippen molar-refractivity contribution < 1.29 is 4.42 Å². The van der Waals surface area contributed by atoms with E-state index in [0.717, 1.165) is 49.5 Å². The van der Waals surface area contributed by atoms with E-state index in [4.69, 9.17) is 9.40 Å². The maximum absolute atomic E-state index is 6.35. The summed E-state index contributed by atoms with van der Waals surface area (Å²) >= 11 is 0.